The number of carbonyl (C=O) groups excluding carboxylic acids is 1. The average molecular weight is 344 g/mol. The molecule has 1 saturated carbocycles. The van der Waals surface area contributed by atoms with E-state index >= 15 is 0 Å². The van der Waals surface area contributed by atoms with Crippen molar-refractivity contribution in [3.8, 4) is 0 Å². The highest BCUT2D eigenvalue weighted by molar-refractivity contribution is 5.83. The Morgan fingerprint density at radius 1 is 1.36 bits per heavy atom. The molecule has 0 bridgehead atoms. The molecule has 0 spiro atoms. The lowest BCUT2D eigenvalue weighted by Crippen LogP contribution is -2.52. The van der Waals surface area contributed by atoms with E-state index in [1.54, 1.807) is 0 Å². The van der Waals surface area contributed by atoms with Crippen LogP contribution in [-0.4, -0.2) is 41.8 Å². The maximum atomic E-state index is 13.0. The van der Waals surface area contributed by atoms with Crippen molar-refractivity contribution in [2.45, 2.75) is 50.6 Å². The van der Waals surface area contributed by atoms with Crippen molar-refractivity contribution in [2.24, 2.45) is 17.8 Å². The SMILES string of the molecule is CC1CCCn2c1cnc2C1(NC(=O)C2[C@H]3CNC[C@@H]23)CCOCC1. The van der Waals surface area contributed by atoms with Gasteiger partial charge in [-0.05, 0) is 43.7 Å². The Hall–Kier alpha value is -1.40. The molecule has 2 saturated heterocycles. The van der Waals surface area contributed by atoms with E-state index in [1.165, 1.54) is 18.5 Å². The van der Waals surface area contributed by atoms with E-state index in [4.69, 9.17) is 9.72 Å². The number of imidazole rings is 1. The largest absolute Gasteiger partial charge is 0.381 e. The van der Waals surface area contributed by atoms with Gasteiger partial charge in [0.2, 0.25) is 5.91 Å². The van der Waals surface area contributed by atoms with Gasteiger partial charge in [0.1, 0.15) is 11.4 Å². The fraction of sp³-hybridized carbons (Fsp3) is 0.789. The second kappa shape index (κ2) is 5.81. The normalized spacial score (nSPS) is 35.7. The molecule has 6 nitrogen and oxygen atoms in total. The van der Waals surface area contributed by atoms with Gasteiger partial charge in [0, 0.05) is 50.4 Å². The van der Waals surface area contributed by atoms with Crippen LogP contribution in [0, 0.1) is 17.8 Å². The van der Waals surface area contributed by atoms with Gasteiger partial charge in [0.05, 0.1) is 0 Å². The van der Waals surface area contributed by atoms with Crippen molar-refractivity contribution in [3.63, 3.8) is 0 Å². The topological polar surface area (TPSA) is 68.2 Å². The van der Waals surface area contributed by atoms with E-state index in [9.17, 15) is 4.79 Å². The fourth-order valence-electron chi connectivity index (χ4n) is 5.35. The fourth-order valence-corrected chi connectivity index (χ4v) is 5.35. The molecule has 4 atom stereocenters. The summed E-state index contributed by atoms with van der Waals surface area (Å²) < 4.78 is 8.01. The number of ether oxygens (including phenoxy) is 1. The number of fused-ring (bicyclic) bond motifs is 2. The first-order valence-electron chi connectivity index (χ1n) is 9.86. The standard InChI is InChI=1S/C19H28N4O2/c1-12-3-2-6-23-15(12)11-21-18(23)19(4-7-25-8-5-19)22-17(24)16-13-9-20-10-14(13)16/h11-14,16,20H,2-10H2,1H3,(H,22,24)/t12?,13-,14+,16?. The number of nitrogens with one attached hydrogen (secondary N) is 2. The molecule has 3 fully saturated rings. The number of carbonyl (C=O) groups is 1. The summed E-state index contributed by atoms with van der Waals surface area (Å²) in [5.41, 5.74) is 0.975. The van der Waals surface area contributed by atoms with Crippen LogP contribution in [0.2, 0.25) is 0 Å². The second-order valence-electron chi connectivity index (χ2n) is 8.40. The summed E-state index contributed by atoms with van der Waals surface area (Å²) >= 11 is 0. The maximum absolute atomic E-state index is 13.0. The highest BCUT2D eigenvalue weighted by Gasteiger charge is 2.58. The van der Waals surface area contributed by atoms with Crippen molar-refractivity contribution in [1.82, 2.24) is 20.2 Å². The highest BCUT2D eigenvalue weighted by atomic mass is 16.5. The molecule has 136 valence electrons. The Morgan fingerprint density at radius 2 is 2.12 bits per heavy atom. The average Bonchev–Trinajstić information content (AvgIpc) is 2.98. The number of aromatic nitrogens is 2. The number of hydrogen-bond acceptors (Lipinski definition) is 4. The monoisotopic (exact) mass is 344 g/mol. The molecule has 6 heteroatoms. The summed E-state index contributed by atoms with van der Waals surface area (Å²) in [6.45, 7) is 6.68. The molecule has 4 aliphatic rings. The van der Waals surface area contributed by atoms with Crippen LogP contribution < -0.4 is 10.6 Å². The highest BCUT2D eigenvalue weighted by Crippen LogP contribution is 2.49. The predicted molar refractivity (Wildman–Crippen MR) is 93.1 cm³/mol. The first-order chi connectivity index (χ1) is 12.2. The minimum Gasteiger partial charge on any atom is -0.381 e. The van der Waals surface area contributed by atoms with Crippen molar-refractivity contribution in [2.75, 3.05) is 26.3 Å². The molecule has 1 aliphatic carbocycles. The molecule has 4 heterocycles. The van der Waals surface area contributed by atoms with Crippen LogP contribution in [0.3, 0.4) is 0 Å². The Balaban J connectivity index is 1.44. The number of piperidine rings is 1. The van der Waals surface area contributed by atoms with Crippen LogP contribution >= 0.6 is 0 Å². The zero-order chi connectivity index (χ0) is 17.0. The van der Waals surface area contributed by atoms with E-state index in [-0.39, 0.29) is 17.4 Å². The minimum absolute atomic E-state index is 0.204. The minimum atomic E-state index is -0.352. The molecule has 3 aliphatic heterocycles. The van der Waals surface area contributed by atoms with E-state index in [1.807, 2.05) is 6.20 Å². The van der Waals surface area contributed by atoms with Crippen molar-refractivity contribution >= 4 is 5.91 Å². The Morgan fingerprint density at radius 3 is 2.88 bits per heavy atom. The lowest BCUT2D eigenvalue weighted by Gasteiger charge is -2.39. The van der Waals surface area contributed by atoms with Gasteiger partial charge in [-0.1, -0.05) is 6.92 Å². The van der Waals surface area contributed by atoms with Gasteiger partial charge in [0.25, 0.3) is 0 Å². The van der Waals surface area contributed by atoms with Crippen molar-refractivity contribution < 1.29 is 9.53 Å². The molecule has 1 aromatic rings. The Bertz CT molecular complexity index is 669. The van der Waals surface area contributed by atoms with E-state index < -0.39 is 0 Å². The van der Waals surface area contributed by atoms with Gasteiger partial charge in [0.15, 0.2) is 0 Å². The van der Waals surface area contributed by atoms with Crippen molar-refractivity contribution in [1.29, 1.82) is 0 Å². The first kappa shape index (κ1) is 15.8. The number of amides is 1. The second-order valence-corrected chi connectivity index (χ2v) is 8.40. The summed E-state index contributed by atoms with van der Waals surface area (Å²) in [6, 6.07) is 0. The molecular formula is C19H28N4O2. The van der Waals surface area contributed by atoms with Crippen LogP contribution in [0.5, 0.6) is 0 Å². The van der Waals surface area contributed by atoms with Crippen LogP contribution in [-0.2, 0) is 21.6 Å². The Kier molecular flexibility index (Phi) is 3.68. The molecule has 1 amide bonds. The molecule has 0 radical (unpaired) electrons. The molecule has 1 aromatic heterocycles. The molecule has 2 N–H and O–H groups in total. The summed E-state index contributed by atoms with van der Waals surface area (Å²) in [4.78, 5) is 17.8. The van der Waals surface area contributed by atoms with Gasteiger partial charge < -0.3 is 19.9 Å². The smallest absolute Gasteiger partial charge is 0.224 e. The van der Waals surface area contributed by atoms with E-state index in [2.05, 4.69) is 22.1 Å². The van der Waals surface area contributed by atoms with Gasteiger partial charge in [-0.2, -0.15) is 0 Å². The summed E-state index contributed by atoms with van der Waals surface area (Å²) in [5.74, 6) is 3.15. The molecule has 5 rings (SSSR count). The predicted octanol–water partition coefficient (Wildman–Crippen LogP) is 1.37. The van der Waals surface area contributed by atoms with Gasteiger partial charge >= 0.3 is 0 Å². The van der Waals surface area contributed by atoms with Crippen LogP contribution in [0.4, 0.5) is 0 Å². The summed E-state index contributed by atoms with van der Waals surface area (Å²) in [7, 11) is 0. The molecular weight excluding hydrogens is 316 g/mol. The molecule has 0 aromatic carbocycles. The lowest BCUT2D eigenvalue weighted by molar-refractivity contribution is -0.126. The summed E-state index contributed by atoms with van der Waals surface area (Å²) in [6.07, 6.45) is 6.11. The van der Waals surface area contributed by atoms with Crippen LogP contribution in [0.15, 0.2) is 6.20 Å². The third kappa shape index (κ3) is 2.45. The number of nitrogens with zero attached hydrogens (tertiary/aromatic N) is 2. The first-order valence-corrected chi connectivity index (χ1v) is 9.86. The quantitative estimate of drug-likeness (QED) is 0.869. The molecule has 25 heavy (non-hydrogen) atoms. The lowest BCUT2D eigenvalue weighted by atomic mass is 9.87. The third-order valence-corrected chi connectivity index (χ3v) is 6.94. The van der Waals surface area contributed by atoms with Gasteiger partial charge in [-0.25, -0.2) is 4.98 Å². The number of hydrogen-bond donors (Lipinski definition) is 2. The zero-order valence-electron chi connectivity index (χ0n) is 15.0. The van der Waals surface area contributed by atoms with E-state index in [0.717, 1.165) is 38.3 Å². The van der Waals surface area contributed by atoms with Crippen LogP contribution in [0.1, 0.15) is 50.0 Å². The number of rotatable bonds is 3. The van der Waals surface area contributed by atoms with Crippen molar-refractivity contribution in [3.05, 3.63) is 17.7 Å². The van der Waals surface area contributed by atoms with E-state index in [0.29, 0.717) is 31.0 Å². The van der Waals surface area contributed by atoms with Gasteiger partial charge in [-0.15, -0.1) is 0 Å². The Labute approximate surface area is 148 Å². The zero-order valence-corrected chi connectivity index (χ0v) is 15.0. The third-order valence-electron chi connectivity index (χ3n) is 6.94. The molecule has 2 unspecified atom stereocenters. The van der Waals surface area contributed by atoms with Gasteiger partial charge in [-0.3, -0.25) is 4.79 Å². The van der Waals surface area contributed by atoms with Crippen LogP contribution in [0.25, 0.3) is 0 Å². The summed E-state index contributed by atoms with van der Waals surface area (Å²) in [5, 5.41) is 6.84. The maximum Gasteiger partial charge on any atom is 0.224 e.